The summed E-state index contributed by atoms with van der Waals surface area (Å²) >= 11 is 0. The predicted octanol–water partition coefficient (Wildman–Crippen LogP) is 4.98. The van der Waals surface area contributed by atoms with Crippen LogP contribution in [-0.2, 0) is 30.1 Å². The van der Waals surface area contributed by atoms with Crippen molar-refractivity contribution in [2.24, 2.45) is 7.05 Å². The number of alkyl halides is 3. The van der Waals surface area contributed by atoms with Crippen molar-refractivity contribution in [2.45, 2.75) is 38.3 Å². The monoisotopic (exact) mass is 508 g/mol. The van der Waals surface area contributed by atoms with Crippen LogP contribution in [0.25, 0.3) is 27.9 Å². The average Bonchev–Trinajstić information content (AvgIpc) is 3.58. The van der Waals surface area contributed by atoms with Crippen molar-refractivity contribution in [1.29, 1.82) is 0 Å². The number of aryl methyl sites for hydroxylation is 1. The van der Waals surface area contributed by atoms with Gasteiger partial charge >= 0.3 is 6.18 Å². The van der Waals surface area contributed by atoms with Crippen molar-refractivity contribution in [3.05, 3.63) is 78.3 Å². The number of hydrogen-bond acceptors (Lipinski definition) is 6. The summed E-state index contributed by atoms with van der Waals surface area (Å²) in [6.07, 6.45) is 4.57. The van der Waals surface area contributed by atoms with E-state index in [4.69, 9.17) is 4.52 Å². The molecule has 37 heavy (non-hydrogen) atoms. The van der Waals surface area contributed by atoms with Gasteiger partial charge in [0.1, 0.15) is 11.2 Å². The quantitative estimate of drug-likeness (QED) is 0.308. The molecule has 0 amide bonds. The lowest BCUT2D eigenvalue weighted by atomic mass is 9.89. The van der Waals surface area contributed by atoms with Crippen LogP contribution in [0.3, 0.4) is 0 Å². The van der Waals surface area contributed by atoms with Crippen LogP contribution in [0.15, 0.2) is 65.8 Å². The molecule has 0 spiro atoms. The first-order chi connectivity index (χ1) is 17.5. The Bertz CT molecular complexity index is 1580. The van der Waals surface area contributed by atoms with Crippen LogP contribution in [-0.4, -0.2) is 41.5 Å². The van der Waals surface area contributed by atoms with E-state index in [0.29, 0.717) is 5.65 Å². The maximum atomic E-state index is 13.2. The smallest absolute Gasteiger partial charge is 0.360 e. The number of nitrogens with zero attached hydrogens (tertiary/aromatic N) is 6. The Morgan fingerprint density at radius 2 is 1.68 bits per heavy atom. The van der Waals surface area contributed by atoms with Crippen LogP contribution in [0.4, 0.5) is 13.2 Å². The second-order valence-electron chi connectivity index (χ2n) is 9.47. The molecule has 190 valence electrons. The fourth-order valence-corrected chi connectivity index (χ4v) is 3.92. The standard InChI is InChI=1S/C26H23F3N6O2/c1-25(2,26(27,28)29)23-10-20(33-37-23)9-21(36)8-16-4-6-17(7-5-16)22-13-32-35-15-18(11-30-24(22)35)19-12-31-34(3)14-19/h4-7,10-15H,8-9H2,1-3H3. The van der Waals surface area contributed by atoms with Crippen molar-refractivity contribution in [2.75, 3.05) is 0 Å². The zero-order valence-electron chi connectivity index (χ0n) is 20.3. The Morgan fingerprint density at radius 1 is 0.946 bits per heavy atom. The zero-order valence-corrected chi connectivity index (χ0v) is 20.3. The first kappa shape index (κ1) is 24.4. The van der Waals surface area contributed by atoms with Gasteiger partial charge in [-0.3, -0.25) is 9.48 Å². The molecule has 0 saturated carbocycles. The van der Waals surface area contributed by atoms with Crippen molar-refractivity contribution in [3.63, 3.8) is 0 Å². The molecule has 8 nitrogen and oxygen atoms in total. The molecule has 5 rings (SSSR count). The Labute approximate surface area is 209 Å². The Balaban J connectivity index is 1.27. The van der Waals surface area contributed by atoms with Crippen LogP contribution in [0, 0.1) is 0 Å². The van der Waals surface area contributed by atoms with Crippen LogP contribution < -0.4 is 0 Å². The van der Waals surface area contributed by atoms with Crippen LogP contribution in [0.5, 0.6) is 0 Å². The normalized spacial score (nSPS) is 12.4. The summed E-state index contributed by atoms with van der Waals surface area (Å²) in [5.74, 6) is -0.500. The second-order valence-corrected chi connectivity index (χ2v) is 9.47. The van der Waals surface area contributed by atoms with Gasteiger partial charge in [-0.2, -0.15) is 23.4 Å². The van der Waals surface area contributed by atoms with Crippen molar-refractivity contribution < 1.29 is 22.5 Å². The van der Waals surface area contributed by atoms with Gasteiger partial charge in [0.05, 0.1) is 24.5 Å². The number of carbonyl (C=O) groups excluding carboxylic acids is 1. The molecule has 0 unspecified atom stereocenters. The maximum absolute atomic E-state index is 13.2. The minimum absolute atomic E-state index is 0.115. The molecule has 0 aliphatic heterocycles. The highest BCUT2D eigenvalue weighted by Crippen LogP contribution is 2.40. The van der Waals surface area contributed by atoms with Gasteiger partial charge in [-0.15, -0.1) is 0 Å². The van der Waals surface area contributed by atoms with Gasteiger partial charge in [-0.1, -0.05) is 29.4 Å². The average molecular weight is 509 g/mol. The molecule has 0 atom stereocenters. The summed E-state index contributed by atoms with van der Waals surface area (Å²) in [6, 6.07) is 8.64. The molecule has 0 saturated heterocycles. The summed E-state index contributed by atoms with van der Waals surface area (Å²) in [5.41, 5.74) is 3.03. The first-order valence-corrected chi connectivity index (χ1v) is 11.5. The van der Waals surface area contributed by atoms with Gasteiger partial charge < -0.3 is 4.52 Å². The Morgan fingerprint density at radius 3 is 2.35 bits per heavy atom. The third kappa shape index (κ3) is 4.76. The number of aromatic nitrogens is 6. The predicted molar refractivity (Wildman–Crippen MR) is 129 cm³/mol. The second kappa shape index (κ2) is 8.99. The summed E-state index contributed by atoms with van der Waals surface area (Å²) < 4.78 is 48.0. The molecule has 4 aromatic heterocycles. The highest BCUT2D eigenvalue weighted by atomic mass is 19.4. The first-order valence-electron chi connectivity index (χ1n) is 11.5. The molecular formula is C26H23F3N6O2. The summed E-state index contributed by atoms with van der Waals surface area (Å²) in [7, 11) is 1.85. The number of benzene rings is 1. The Kier molecular flexibility index (Phi) is 5.93. The molecule has 5 aromatic rings. The molecular weight excluding hydrogens is 485 g/mol. The van der Waals surface area contributed by atoms with E-state index in [0.717, 1.165) is 41.7 Å². The molecule has 0 radical (unpaired) electrons. The van der Waals surface area contributed by atoms with E-state index in [2.05, 4.69) is 20.3 Å². The van der Waals surface area contributed by atoms with Crippen LogP contribution >= 0.6 is 0 Å². The lowest BCUT2D eigenvalue weighted by Gasteiger charge is -2.24. The van der Waals surface area contributed by atoms with E-state index in [-0.39, 0.29) is 30.1 Å². The molecule has 0 aliphatic carbocycles. The lowest BCUT2D eigenvalue weighted by Crippen LogP contribution is -2.35. The highest BCUT2D eigenvalue weighted by molar-refractivity contribution is 5.83. The van der Waals surface area contributed by atoms with E-state index in [9.17, 15) is 18.0 Å². The van der Waals surface area contributed by atoms with E-state index >= 15 is 0 Å². The number of halogens is 3. The van der Waals surface area contributed by atoms with Gasteiger partial charge in [0.15, 0.2) is 11.4 Å². The van der Waals surface area contributed by atoms with Crippen LogP contribution in [0.1, 0.15) is 30.9 Å². The summed E-state index contributed by atoms with van der Waals surface area (Å²) in [5, 5.41) is 12.3. The number of rotatable bonds is 7. The molecule has 11 heteroatoms. The minimum Gasteiger partial charge on any atom is -0.360 e. The molecule has 0 aliphatic rings. The topological polar surface area (TPSA) is 91.1 Å². The fraction of sp³-hybridized carbons (Fsp3) is 0.269. The molecule has 0 fully saturated rings. The lowest BCUT2D eigenvalue weighted by molar-refractivity contribution is -0.185. The largest absolute Gasteiger partial charge is 0.401 e. The van der Waals surface area contributed by atoms with E-state index < -0.39 is 11.6 Å². The fourth-order valence-electron chi connectivity index (χ4n) is 3.92. The van der Waals surface area contributed by atoms with Crippen molar-refractivity contribution in [1.82, 2.24) is 29.5 Å². The highest BCUT2D eigenvalue weighted by Gasteiger charge is 2.51. The van der Waals surface area contributed by atoms with E-state index in [1.807, 2.05) is 43.7 Å². The zero-order chi connectivity index (χ0) is 26.4. The Hall–Kier alpha value is -4.28. The van der Waals surface area contributed by atoms with Gasteiger partial charge in [-0.05, 0) is 25.0 Å². The number of ketones is 1. The van der Waals surface area contributed by atoms with Gasteiger partial charge in [0.25, 0.3) is 0 Å². The molecule has 1 aromatic carbocycles. The number of carbonyl (C=O) groups is 1. The van der Waals surface area contributed by atoms with Crippen LogP contribution in [0.2, 0.25) is 0 Å². The van der Waals surface area contributed by atoms with Gasteiger partial charge in [-0.25, -0.2) is 9.50 Å². The summed E-state index contributed by atoms with van der Waals surface area (Å²) in [6.45, 7) is 2.03. The number of hydrogen-bond donors (Lipinski definition) is 0. The molecule has 0 N–H and O–H groups in total. The SMILES string of the molecule is Cn1cc(-c2cnc3c(-c4ccc(CC(=O)Cc5cc(C(C)(C)C(F)(F)F)on5)cc4)cnn3c2)cn1. The number of fused-ring (bicyclic) bond motifs is 1. The van der Waals surface area contributed by atoms with Gasteiger partial charge in [0, 0.05) is 54.8 Å². The summed E-state index contributed by atoms with van der Waals surface area (Å²) in [4.78, 5) is 17.1. The third-order valence-electron chi connectivity index (χ3n) is 6.32. The van der Waals surface area contributed by atoms with Crippen molar-refractivity contribution in [3.8, 4) is 22.3 Å². The minimum atomic E-state index is -4.49. The third-order valence-corrected chi connectivity index (χ3v) is 6.32. The maximum Gasteiger partial charge on any atom is 0.401 e. The van der Waals surface area contributed by atoms with E-state index in [1.165, 1.54) is 6.07 Å². The molecule has 0 bridgehead atoms. The van der Waals surface area contributed by atoms with Gasteiger partial charge in [0.2, 0.25) is 0 Å². The van der Waals surface area contributed by atoms with Crippen molar-refractivity contribution >= 4 is 11.4 Å². The van der Waals surface area contributed by atoms with E-state index in [1.54, 1.807) is 27.8 Å². The number of Topliss-reactive ketones (excluding diaryl/α,β-unsaturated/α-hetero) is 1. The molecule has 4 heterocycles.